The first-order valence-corrected chi connectivity index (χ1v) is 10.8. The molecule has 0 saturated heterocycles. The van der Waals surface area contributed by atoms with Crippen molar-refractivity contribution in [2.75, 3.05) is 11.9 Å². The van der Waals surface area contributed by atoms with E-state index in [9.17, 15) is 14.4 Å². The number of amides is 3. The molecule has 2 rings (SSSR count). The summed E-state index contributed by atoms with van der Waals surface area (Å²) in [6, 6.07) is 11.3. The van der Waals surface area contributed by atoms with Crippen LogP contribution in [0.4, 0.5) is 5.69 Å². The van der Waals surface area contributed by atoms with Gasteiger partial charge in [-0.3, -0.25) is 30.6 Å². The highest BCUT2D eigenvalue weighted by Crippen LogP contribution is 2.25. The third kappa shape index (κ3) is 7.65. The first-order chi connectivity index (χ1) is 14.8. The maximum atomic E-state index is 12.3. The van der Waals surface area contributed by atoms with E-state index < -0.39 is 11.8 Å². The van der Waals surface area contributed by atoms with E-state index in [2.05, 4.69) is 37.4 Å². The van der Waals surface area contributed by atoms with Crippen LogP contribution in [0.2, 0.25) is 0 Å². The first kappa shape index (κ1) is 24.3. The zero-order chi connectivity index (χ0) is 22.8. The van der Waals surface area contributed by atoms with E-state index >= 15 is 0 Å². The molecule has 10 heteroatoms. The number of rotatable bonds is 7. The second kappa shape index (κ2) is 12.0. The molecule has 2 aromatic carbocycles. The van der Waals surface area contributed by atoms with Crippen molar-refractivity contribution in [1.29, 1.82) is 0 Å². The lowest BCUT2D eigenvalue weighted by Gasteiger charge is -2.12. The molecule has 0 aliphatic heterocycles. The molecule has 164 valence electrons. The molecule has 0 fully saturated rings. The summed E-state index contributed by atoms with van der Waals surface area (Å²) in [5.74, 6) is -0.348. The Bertz CT molecular complexity index is 966. The minimum Gasteiger partial charge on any atom is -0.493 e. The summed E-state index contributed by atoms with van der Waals surface area (Å²) < 4.78 is 6.05. The van der Waals surface area contributed by atoms with Crippen LogP contribution in [-0.2, 0) is 4.79 Å². The van der Waals surface area contributed by atoms with Gasteiger partial charge in [0.15, 0.2) is 5.11 Å². The van der Waals surface area contributed by atoms with Gasteiger partial charge >= 0.3 is 0 Å². The van der Waals surface area contributed by atoms with Crippen LogP contribution in [0.1, 0.15) is 47.4 Å². The second-order valence-corrected chi connectivity index (χ2v) is 7.58. The molecule has 0 aromatic heterocycles. The van der Waals surface area contributed by atoms with Gasteiger partial charge in [-0.15, -0.1) is 0 Å². The van der Waals surface area contributed by atoms with Gasteiger partial charge in [0, 0.05) is 23.2 Å². The number of ether oxygens (including phenoxy) is 1. The van der Waals surface area contributed by atoms with E-state index in [0.717, 1.165) is 6.42 Å². The number of benzene rings is 2. The van der Waals surface area contributed by atoms with E-state index in [-0.39, 0.29) is 11.0 Å². The molecular formula is C21H23BrN4O4S. The molecule has 0 unspecified atom stereocenters. The standard InChI is InChI=1S/C21H23BrN4O4S/c1-3-5-18(27)23-15-9-6-13(7-10-15)20(29)25-26-21(31)24-19(28)14-8-11-17(30-4-2)16(22)12-14/h6-12H,3-5H2,1-2H3,(H,23,27)(H,25,29)(H2,24,26,28,31). The van der Waals surface area contributed by atoms with Crippen molar-refractivity contribution >= 4 is 56.7 Å². The highest BCUT2D eigenvalue weighted by molar-refractivity contribution is 9.10. The number of hydrazine groups is 1. The van der Waals surface area contributed by atoms with E-state index in [1.54, 1.807) is 42.5 Å². The molecule has 8 nitrogen and oxygen atoms in total. The number of hydrogen-bond acceptors (Lipinski definition) is 5. The first-order valence-electron chi connectivity index (χ1n) is 9.58. The molecule has 0 saturated carbocycles. The topological polar surface area (TPSA) is 109 Å². The zero-order valence-electron chi connectivity index (χ0n) is 17.1. The second-order valence-electron chi connectivity index (χ2n) is 6.32. The van der Waals surface area contributed by atoms with Crippen LogP contribution in [0.25, 0.3) is 0 Å². The minimum atomic E-state index is -0.452. The summed E-state index contributed by atoms with van der Waals surface area (Å²) in [6.45, 7) is 4.29. The van der Waals surface area contributed by atoms with Gasteiger partial charge in [0.25, 0.3) is 11.8 Å². The number of carbonyl (C=O) groups is 3. The molecule has 0 bridgehead atoms. The van der Waals surface area contributed by atoms with E-state index in [1.165, 1.54) is 0 Å². The molecule has 0 radical (unpaired) electrons. The van der Waals surface area contributed by atoms with Gasteiger partial charge in [0.2, 0.25) is 5.91 Å². The van der Waals surface area contributed by atoms with Crippen molar-refractivity contribution in [2.24, 2.45) is 0 Å². The largest absolute Gasteiger partial charge is 0.493 e. The van der Waals surface area contributed by atoms with Crippen molar-refractivity contribution in [3.05, 3.63) is 58.1 Å². The number of anilines is 1. The average Bonchev–Trinajstić information content (AvgIpc) is 2.74. The van der Waals surface area contributed by atoms with Crippen LogP contribution in [0.15, 0.2) is 46.9 Å². The fourth-order valence-corrected chi connectivity index (χ4v) is 3.10. The maximum Gasteiger partial charge on any atom is 0.269 e. The summed E-state index contributed by atoms with van der Waals surface area (Å²) in [5, 5.41) is 5.16. The molecule has 0 heterocycles. The number of thiocarbonyl (C=S) groups is 1. The molecule has 0 atom stereocenters. The molecule has 0 aliphatic carbocycles. The summed E-state index contributed by atoms with van der Waals surface area (Å²) in [6.07, 6.45) is 1.19. The predicted octanol–water partition coefficient (Wildman–Crippen LogP) is 3.54. The Labute approximate surface area is 194 Å². The minimum absolute atomic E-state index is 0.0631. The summed E-state index contributed by atoms with van der Waals surface area (Å²) in [7, 11) is 0. The fraction of sp³-hybridized carbons (Fsp3) is 0.238. The quantitative estimate of drug-likeness (QED) is 0.337. The Balaban J connectivity index is 1.85. The van der Waals surface area contributed by atoms with Gasteiger partial charge in [0.05, 0.1) is 11.1 Å². The van der Waals surface area contributed by atoms with Gasteiger partial charge in [-0.1, -0.05) is 6.92 Å². The van der Waals surface area contributed by atoms with Crippen LogP contribution in [0, 0.1) is 0 Å². The summed E-state index contributed by atoms with van der Waals surface area (Å²) in [5.41, 5.74) is 6.22. The smallest absolute Gasteiger partial charge is 0.269 e. The maximum absolute atomic E-state index is 12.3. The normalized spacial score (nSPS) is 10.0. The van der Waals surface area contributed by atoms with E-state index in [4.69, 9.17) is 17.0 Å². The van der Waals surface area contributed by atoms with Crippen LogP contribution in [0.5, 0.6) is 5.75 Å². The van der Waals surface area contributed by atoms with Crippen LogP contribution < -0.4 is 26.2 Å². The molecule has 2 aromatic rings. The number of halogens is 1. The highest BCUT2D eigenvalue weighted by Gasteiger charge is 2.12. The van der Waals surface area contributed by atoms with Gasteiger partial charge < -0.3 is 10.1 Å². The lowest BCUT2D eigenvalue weighted by Crippen LogP contribution is -2.48. The van der Waals surface area contributed by atoms with E-state index in [0.29, 0.717) is 40.1 Å². The fourth-order valence-electron chi connectivity index (χ4n) is 2.46. The van der Waals surface area contributed by atoms with Crippen LogP contribution >= 0.6 is 28.1 Å². The monoisotopic (exact) mass is 506 g/mol. The summed E-state index contributed by atoms with van der Waals surface area (Å²) in [4.78, 5) is 36.2. The Morgan fingerprint density at radius 2 is 1.65 bits per heavy atom. The molecular weight excluding hydrogens is 484 g/mol. The van der Waals surface area contributed by atoms with Crippen molar-refractivity contribution in [2.45, 2.75) is 26.7 Å². The molecule has 0 aliphatic rings. The van der Waals surface area contributed by atoms with Gasteiger partial charge in [-0.25, -0.2) is 0 Å². The highest BCUT2D eigenvalue weighted by atomic mass is 79.9. The van der Waals surface area contributed by atoms with Crippen molar-refractivity contribution in [1.82, 2.24) is 16.2 Å². The van der Waals surface area contributed by atoms with Gasteiger partial charge in [0.1, 0.15) is 5.75 Å². The Morgan fingerprint density at radius 3 is 2.26 bits per heavy atom. The number of nitrogens with one attached hydrogen (secondary N) is 4. The molecule has 4 N–H and O–H groups in total. The van der Waals surface area contributed by atoms with Crippen LogP contribution in [0.3, 0.4) is 0 Å². The Morgan fingerprint density at radius 1 is 0.968 bits per heavy atom. The lowest BCUT2D eigenvalue weighted by atomic mass is 10.2. The third-order valence-corrected chi connectivity index (χ3v) is 4.74. The van der Waals surface area contributed by atoms with E-state index in [1.807, 2.05) is 13.8 Å². The van der Waals surface area contributed by atoms with Crippen molar-refractivity contribution in [3.63, 3.8) is 0 Å². The predicted molar refractivity (Wildman–Crippen MR) is 126 cm³/mol. The van der Waals surface area contributed by atoms with Gasteiger partial charge in [-0.05, 0) is 84.0 Å². The van der Waals surface area contributed by atoms with Crippen molar-refractivity contribution in [3.8, 4) is 5.75 Å². The Hall–Kier alpha value is -2.98. The van der Waals surface area contributed by atoms with Gasteiger partial charge in [-0.2, -0.15) is 0 Å². The zero-order valence-corrected chi connectivity index (χ0v) is 19.5. The number of carbonyl (C=O) groups excluding carboxylic acids is 3. The lowest BCUT2D eigenvalue weighted by molar-refractivity contribution is -0.116. The molecule has 3 amide bonds. The SMILES string of the molecule is CCCC(=O)Nc1ccc(C(=O)NNC(=S)NC(=O)c2ccc(OCC)c(Br)c2)cc1. The average molecular weight is 507 g/mol. The van der Waals surface area contributed by atoms with Crippen LogP contribution in [-0.4, -0.2) is 29.4 Å². The third-order valence-electron chi connectivity index (χ3n) is 3.92. The summed E-state index contributed by atoms with van der Waals surface area (Å²) >= 11 is 8.40. The number of hydrogen-bond donors (Lipinski definition) is 4. The molecule has 0 spiro atoms. The Kier molecular flexibility index (Phi) is 9.41. The van der Waals surface area contributed by atoms with Crippen molar-refractivity contribution < 1.29 is 19.1 Å². The molecule has 31 heavy (non-hydrogen) atoms.